The van der Waals surface area contributed by atoms with Crippen molar-refractivity contribution in [2.45, 2.75) is 116 Å². The van der Waals surface area contributed by atoms with Crippen molar-refractivity contribution in [1.29, 1.82) is 0 Å². The zero-order valence-corrected chi connectivity index (χ0v) is 26.6. The first-order chi connectivity index (χ1) is 21.0. The molecule has 1 amide bonds. The predicted octanol–water partition coefficient (Wildman–Crippen LogP) is 6.99. The number of hydrogen-bond donors (Lipinski definition) is 3. The fraction of sp³-hybridized carbons (Fsp3) is 0.611. The summed E-state index contributed by atoms with van der Waals surface area (Å²) in [5, 5.41) is 21.2. The third kappa shape index (κ3) is 8.68. The van der Waals surface area contributed by atoms with E-state index < -0.39 is 12.3 Å². The highest BCUT2D eigenvalue weighted by molar-refractivity contribution is 5.90. The van der Waals surface area contributed by atoms with Crippen molar-refractivity contribution in [1.82, 2.24) is 4.90 Å². The molecule has 44 heavy (non-hydrogen) atoms. The van der Waals surface area contributed by atoms with Crippen LogP contribution < -0.4 is 5.32 Å². The first kappa shape index (κ1) is 32.6. The number of aliphatic carboxylic acids is 1. The Morgan fingerprint density at radius 3 is 2.27 bits per heavy atom. The molecule has 240 valence electrons. The number of carbonyl (C=O) groups is 2. The van der Waals surface area contributed by atoms with Crippen LogP contribution in [0.4, 0.5) is 5.69 Å². The van der Waals surface area contributed by atoms with E-state index in [1.807, 2.05) is 48.5 Å². The molecule has 3 fully saturated rings. The SMILES string of the molecule is CC1(C)CC2CC(C)(CN2C[C@@H]2C[C@H](c3ccc(CO)cc3)O[C@H](c3ccc(NC(=O)CCCCCCC(=O)O)cc3)O2)C1. The van der Waals surface area contributed by atoms with Crippen molar-refractivity contribution in [3.8, 4) is 0 Å². The van der Waals surface area contributed by atoms with Gasteiger partial charge >= 0.3 is 5.97 Å². The number of aliphatic hydroxyl groups excluding tert-OH is 1. The number of nitrogens with one attached hydrogen (secondary N) is 1. The zero-order valence-electron chi connectivity index (χ0n) is 26.6. The molecule has 8 heteroatoms. The minimum atomic E-state index is -0.773. The minimum Gasteiger partial charge on any atom is -0.481 e. The monoisotopic (exact) mass is 606 g/mol. The van der Waals surface area contributed by atoms with Crippen LogP contribution in [0.25, 0.3) is 0 Å². The molecule has 5 rings (SSSR count). The van der Waals surface area contributed by atoms with Gasteiger partial charge in [0.1, 0.15) is 0 Å². The Kier molecular flexibility index (Phi) is 10.5. The zero-order chi connectivity index (χ0) is 31.3. The summed E-state index contributed by atoms with van der Waals surface area (Å²) in [6, 6.07) is 16.3. The second-order valence-corrected chi connectivity index (χ2v) is 14.5. The van der Waals surface area contributed by atoms with E-state index in [1.165, 1.54) is 19.3 Å². The molecule has 2 unspecified atom stereocenters. The van der Waals surface area contributed by atoms with Crippen LogP contribution in [-0.2, 0) is 25.7 Å². The van der Waals surface area contributed by atoms with Gasteiger partial charge in [-0.25, -0.2) is 0 Å². The van der Waals surface area contributed by atoms with Gasteiger partial charge in [-0.3, -0.25) is 14.5 Å². The molecule has 1 saturated carbocycles. The molecule has 1 aliphatic carbocycles. The van der Waals surface area contributed by atoms with Crippen LogP contribution in [0, 0.1) is 10.8 Å². The third-order valence-electron chi connectivity index (χ3n) is 9.59. The van der Waals surface area contributed by atoms with E-state index in [4.69, 9.17) is 14.6 Å². The van der Waals surface area contributed by atoms with Crippen LogP contribution in [0.1, 0.15) is 114 Å². The lowest BCUT2D eigenvalue weighted by molar-refractivity contribution is -0.253. The number of likely N-dealkylation sites (tertiary alicyclic amines) is 1. The van der Waals surface area contributed by atoms with Gasteiger partial charge in [0.05, 0.1) is 18.8 Å². The molecule has 3 aliphatic rings. The lowest BCUT2D eigenvalue weighted by Gasteiger charge is -2.41. The maximum atomic E-state index is 12.5. The summed E-state index contributed by atoms with van der Waals surface area (Å²) in [5.41, 5.74) is 4.33. The Labute approximate surface area is 262 Å². The highest BCUT2D eigenvalue weighted by atomic mass is 16.7. The van der Waals surface area contributed by atoms with E-state index in [-0.39, 0.29) is 31.1 Å². The van der Waals surface area contributed by atoms with Gasteiger partial charge in [-0.2, -0.15) is 0 Å². The number of benzene rings is 2. The molecule has 2 bridgehead atoms. The Morgan fingerprint density at radius 2 is 1.59 bits per heavy atom. The number of aliphatic hydroxyl groups is 1. The fourth-order valence-corrected chi connectivity index (χ4v) is 7.95. The first-order valence-corrected chi connectivity index (χ1v) is 16.4. The normalized spacial score (nSPS) is 28.1. The number of carboxylic acid groups (broad SMARTS) is 1. The average Bonchev–Trinajstić information content (AvgIpc) is 3.21. The molecular weight excluding hydrogens is 556 g/mol. The van der Waals surface area contributed by atoms with Crippen molar-refractivity contribution >= 4 is 17.6 Å². The molecule has 0 spiro atoms. The average molecular weight is 607 g/mol. The summed E-state index contributed by atoms with van der Waals surface area (Å²) in [7, 11) is 0. The predicted molar refractivity (Wildman–Crippen MR) is 170 cm³/mol. The largest absolute Gasteiger partial charge is 0.481 e. The summed E-state index contributed by atoms with van der Waals surface area (Å²) in [6.45, 7) is 9.27. The van der Waals surface area contributed by atoms with Gasteiger partial charge in [0.15, 0.2) is 6.29 Å². The number of hydrogen-bond acceptors (Lipinski definition) is 6. The van der Waals surface area contributed by atoms with Gasteiger partial charge in [-0.15, -0.1) is 0 Å². The molecule has 2 aromatic rings. The van der Waals surface area contributed by atoms with Crippen LogP contribution in [0.15, 0.2) is 48.5 Å². The molecule has 3 N–H and O–H groups in total. The summed E-state index contributed by atoms with van der Waals surface area (Å²) in [5.74, 6) is -0.814. The number of nitrogens with zero attached hydrogens (tertiary/aromatic N) is 1. The van der Waals surface area contributed by atoms with Gasteiger partial charge in [0.2, 0.25) is 5.91 Å². The molecule has 0 aromatic heterocycles. The number of carbonyl (C=O) groups excluding carboxylic acids is 1. The molecule has 8 nitrogen and oxygen atoms in total. The van der Waals surface area contributed by atoms with E-state index in [9.17, 15) is 14.7 Å². The van der Waals surface area contributed by atoms with Gasteiger partial charge in [0.25, 0.3) is 0 Å². The Hall–Kier alpha value is -2.78. The smallest absolute Gasteiger partial charge is 0.303 e. The number of ether oxygens (including phenoxy) is 2. The number of unbranched alkanes of at least 4 members (excludes halogenated alkanes) is 3. The molecular formula is C36H50N2O6. The number of carboxylic acids is 1. The van der Waals surface area contributed by atoms with E-state index in [0.717, 1.165) is 61.2 Å². The molecule has 2 saturated heterocycles. The Bertz CT molecular complexity index is 1260. The van der Waals surface area contributed by atoms with E-state index in [1.54, 1.807) is 0 Å². The van der Waals surface area contributed by atoms with Gasteiger partial charge in [-0.1, -0.05) is 70.0 Å². The van der Waals surface area contributed by atoms with Gasteiger partial charge < -0.3 is 25.0 Å². The standard InChI is InChI=1S/C36H50N2O6/c1-35(2)19-29-20-36(3,23-35)24-38(29)21-30-18-31(26-12-10-25(22-39)11-13-26)44-34(43-30)27-14-16-28(17-15-27)37-32(40)8-6-4-5-7-9-33(41)42/h10-17,29-31,34,39H,4-9,18-24H2,1-3H3,(H,37,40)(H,41,42)/t29?,30-,31+,34+,36?/m0/s1. The second-order valence-electron chi connectivity index (χ2n) is 14.5. The number of fused-ring (bicyclic) bond motifs is 2. The fourth-order valence-electron chi connectivity index (χ4n) is 7.95. The molecule has 2 heterocycles. The van der Waals surface area contributed by atoms with Gasteiger partial charge in [-0.05, 0) is 66.2 Å². The quantitative estimate of drug-likeness (QED) is 0.211. The highest BCUT2D eigenvalue weighted by Gasteiger charge is 2.50. The minimum absolute atomic E-state index is 0.0113. The van der Waals surface area contributed by atoms with Crippen molar-refractivity contribution in [2.75, 3.05) is 18.4 Å². The van der Waals surface area contributed by atoms with Gasteiger partial charge in [0, 0.05) is 49.6 Å². The maximum absolute atomic E-state index is 12.5. The van der Waals surface area contributed by atoms with E-state index in [0.29, 0.717) is 29.7 Å². The lowest BCUT2D eigenvalue weighted by atomic mass is 9.65. The number of rotatable bonds is 13. The molecule has 2 aliphatic heterocycles. The van der Waals surface area contributed by atoms with Crippen molar-refractivity contribution in [3.05, 3.63) is 65.2 Å². The number of anilines is 1. The van der Waals surface area contributed by atoms with Crippen LogP contribution >= 0.6 is 0 Å². The van der Waals surface area contributed by atoms with Crippen LogP contribution in [0.2, 0.25) is 0 Å². The van der Waals surface area contributed by atoms with Crippen molar-refractivity contribution in [2.24, 2.45) is 10.8 Å². The summed E-state index contributed by atoms with van der Waals surface area (Å²) >= 11 is 0. The maximum Gasteiger partial charge on any atom is 0.303 e. The van der Waals surface area contributed by atoms with Crippen LogP contribution in [0.3, 0.4) is 0 Å². The first-order valence-electron chi connectivity index (χ1n) is 16.4. The Morgan fingerprint density at radius 1 is 0.909 bits per heavy atom. The molecule has 5 atom stereocenters. The number of amides is 1. The van der Waals surface area contributed by atoms with Crippen molar-refractivity contribution < 1.29 is 29.3 Å². The highest BCUT2D eigenvalue weighted by Crippen LogP contribution is 2.53. The van der Waals surface area contributed by atoms with E-state index >= 15 is 0 Å². The van der Waals surface area contributed by atoms with E-state index in [2.05, 4.69) is 31.0 Å². The third-order valence-corrected chi connectivity index (χ3v) is 9.59. The summed E-state index contributed by atoms with van der Waals surface area (Å²) < 4.78 is 13.2. The topological polar surface area (TPSA) is 108 Å². The summed E-state index contributed by atoms with van der Waals surface area (Å²) in [4.78, 5) is 25.8. The summed E-state index contributed by atoms with van der Waals surface area (Å²) in [6.07, 6.45) is 7.51. The Balaban J connectivity index is 1.22. The molecule has 2 aromatic carbocycles. The van der Waals surface area contributed by atoms with Crippen LogP contribution in [-0.4, -0.2) is 52.2 Å². The molecule has 0 radical (unpaired) electrons. The van der Waals surface area contributed by atoms with Crippen LogP contribution in [0.5, 0.6) is 0 Å². The van der Waals surface area contributed by atoms with Crippen molar-refractivity contribution in [3.63, 3.8) is 0 Å². The second kappa shape index (κ2) is 14.1. The lowest BCUT2D eigenvalue weighted by Crippen LogP contribution is -2.42.